The lowest BCUT2D eigenvalue weighted by Gasteiger charge is -2.36. The third-order valence-corrected chi connectivity index (χ3v) is 5.36. The highest BCUT2D eigenvalue weighted by molar-refractivity contribution is 5.92. The minimum atomic E-state index is -1.88. The number of rotatable bonds is 5. The van der Waals surface area contributed by atoms with Gasteiger partial charge in [0.2, 0.25) is 0 Å². The van der Waals surface area contributed by atoms with Crippen LogP contribution in [-0.2, 0) is 21.5 Å². The van der Waals surface area contributed by atoms with Crippen molar-refractivity contribution in [3.05, 3.63) is 71.5 Å². The van der Waals surface area contributed by atoms with E-state index in [0.29, 0.717) is 6.54 Å². The van der Waals surface area contributed by atoms with Crippen molar-refractivity contribution in [3.8, 4) is 0 Å². The Morgan fingerprint density at radius 3 is 2.19 bits per heavy atom. The topological polar surface area (TPSA) is 77.8 Å². The number of carboxylic acid groups (broad SMARTS) is 2. The molecule has 2 unspecified atom stereocenters. The summed E-state index contributed by atoms with van der Waals surface area (Å²) in [5.41, 5.74) is -2.70. The molecule has 0 saturated carbocycles. The Morgan fingerprint density at radius 2 is 1.62 bits per heavy atom. The van der Waals surface area contributed by atoms with Crippen LogP contribution in [0.2, 0.25) is 0 Å². The first-order valence-electron chi connectivity index (χ1n) is 8.29. The lowest BCUT2D eigenvalue weighted by molar-refractivity contribution is -0.161. The van der Waals surface area contributed by atoms with E-state index >= 15 is 0 Å². The summed E-state index contributed by atoms with van der Waals surface area (Å²) in [7, 11) is 0. The maximum absolute atomic E-state index is 14.5. The number of nitrogens with zero attached hydrogens (tertiary/aromatic N) is 1. The van der Waals surface area contributed by atoms with Crippen LogP contribution in [0.3, 0.4) is 0 Å². The average molecular weight is 357 g/mol. The molecule has 6 heteroatoms. The van der Waals surface area contributed by atoms with Gasteiger partial charge in [0.1, 0.15) is 11.2 Å². The Kier molecular flexibility index (Phi) is 4.54. The van der Waals surface area contributed by atoms with Gasteiger partial charge in [0, 0.05) is 25.2 Å². The van der Waals surface area contributed by atoms with Gasteiger partial charge in [-0.05, 0) is 18.6 Å². The monoisotopic (exact) mass is 357 g/mol. The van der Waals surface area contributed by atoms with Gasteiger partial charge >= 0.3 is 11.9 Å². The highest BCUT2D eigenvalue weighted by Crippen LogP contribution is 2.50. The molecule has 2 N–H and O–H groups in total. The molecule has 0 spiro atoms. The molecular formula is C20H20FNO4. The van der Waals surface area contributed by atoms with Gasteiger partial charge < -0.3 is 10.2 Å². The summed E-state index contributed by atoms with van der Waals surface area (Å²) >= 11 is 0. The molecule has 1 heterocycles. The SMILES string of the molecule is CC1(C(=O)O)CN(Cc2ccccc2)CC1(C(=O)O)c1ccccc1F. The Morgan fingerprint density at radius 1 is 1.00 bits per heavy atom. The molecule has 3 rings (SSSR count). The van der Waals surface area contributed by atoms with Crippen molar-refractivity contribution in [3.63, 3.8) is 0 Å². The number of hydrogen-bond donors (Lipinski definition) is 2. The summed E-state index contributed by atoms with van der Waals surface area (Å²) in [5.74, 6) is -3.29. The molecule has 2 atom stereocenters. The molecule has 0 radical (unpaired) electrons. The van der Waals surface area contributed by atoms with Crippen LogP contribution in [0.1, 0.15) is 18.1 Å². The minimum Gasteiger partial charge on any atom is -0.481 e. The van der Waals surface area contributed by atoms with Crippen LogP contribution < -0.4 is 0 Å². The molecule has 26 heavy (non-hydrogen) atoms. The van der Waals surface area contributed by atoms with Gasteiger partial charge in [-0.15, -0.1) is 0 Å². The smallest absolute Gasteiger partial charge is 0.316 e. The molecule has 5 nitrogen and oxygen atoms in total. The first-order chi connectivity index (χ1) is 12.3. The zero-order valence-electron chi connectivity index (χ0n) is 14.4. The van der Waals surface area contributed by atoms with E-state index in [0.717, 1.165) is 5.56 Å². The van der Waals surface area contributed by atoms with Crippen molar-refractivity contribution in [1.82, 2.24) is 4.90 Å². The first-order valence-corrected chi connectivity index (χ1v) is 8.29. The highest BCUT2D eigenvalue weighted by atomic mass is 19.1. The number of carboxylic acids is 2. The standard InChI is InChI=1S/C20H20FNO4/c1-19(17(23)24)12-22(11-14-7-3-2-4-8-14)13-20(19,18(25)26)15-9-5-6-10-16(15)21/h2-10H,11-13H2,1H3,(H,23,24)(H,25,26). The van der Waals surface area contributed by atoms with Gasteiger partial charge in [-0.2, -0.15) is 0 Å². The van der Waals surface area contributed by atoms with E-state index in [-0.39, 0.29) is 18.7 Å². The van der Waals surface area contributed by atoms with Crippen LogP contribution in [0.15, 0.2) is 54.6 Å². The van der Waals surface area contributed by atoms with Crippen molar-refractivity contribution >= 4 is 11.9 Å². The number of aliphatic carboxylic acids is 2. The average Bonchev–Trinajstić information content (AvgIpc) is 2.91. The maximum atomic E-state index is 14.5. The third-order valence-electron chi connectivity index (χ3n) is 5.36. The molecule has 0 bridgehead atoms. The maximum Gasteiger partial charge on any atom is 0.316 e. The van der Waals surface area contributed by atoms with Gasteiger partial charge in [-0.3, -0.25) is 14.5 Å². The molecule has 1 fully saturated rings. The van der Waals surface area contributed by atoms with Crippen molar-refractivity contribution < 1.29 is 24.2 Å². The van der Waals surface area contributed by atoms with E-state index < -0.39 is 28.6 Å². The molecule has 0 aromatic heterocycles. The van der Waals surface area contributed by atoms with Crippen molar-refractivity contribution in [1.29, 1.82) is 0 Å². The second-order valence-corrected chi connectivity index (χ2v) is 6.96. The van der Waals surface area contributed by atoms with Crippen LogP contribution >= 0.6 is 0 Å². The van der Waals surface area contributed by atoms with Crippen LogP contribution in [0, 0.1) is 11.2 Å². The highest BCUT2D eigenvalue weighted by Gasteiger charge is 2.65. The van der Waals surface area contributed by atoms with E-state index in [2.05, 4.69) is 0 Å². The molecule has 136 valence electrons. The van der Waals surface area contributed by atoms with Gasteiger partial charge in [0.15, 0.2) is 0 Å². The summed E-state index contributed by atoms with van der Waals surface area (Å²) in [5, 5.41) is 19.9. The number of likely N-dealkylation sites (tertiary alicyclic amines) is 1. The zero-order chi connectivity index (χ0) is 18.9. The van der Waals surface area contributed by atoms with Gasteiger partial charge in [-0.1, -0.05) is 48.5 Å². The number of hydrogen-bond acceptors (Lipinski definition) is 3. The molecular weight excluding hydrogens is 337 g/mol. The minimum absolute atomic E-state index is 0.0118. The largest absolute Gasteiger partial charge is 0.481 e. The van der Waals surface area contributed by atoms with Gasteiger partial charge in [-0.25, -0.2) is 4.39 Å². The van der Waals surface area contributed by atoms with Crippen LogP contribution in [0.4, 0.5) is 4.39 Å². The zero-order valence-corrected chi connectivity index (χ0v) is 14.4. The second kappa shape index (κ2) is 6.53. The van der Waals surface area contributed by atoms with Crippen molar-refractivity contribution in [2.75, 3.05) is 13.1 Å². The van der Waals surface area contributed by atoms with Gasteiger partial charge in [0.25, 0.3) is 0 Å². The Bertz CT molecular complexity index is 841. The van der Waals surface area contributed by atoms with Crippen LogP contribution in [-0.4, -0.2) is 40.1 Å². The normalized spacial score (nSPS) is 25.9. The van der Waals surface area contributed by atoms with Gasteiger partial charge in [0.05, 0.1) is 5.41 Å². The Labute approximate surface area is 150 Å². The predicted molar refractivity (Wildman–Crippen MR) is 93.2 cm³/mol. The predicted octanol–water partition coefficient (Wildman–Crippen LogP) is 2.75. The van der Waals surface area contributed by atoms with E-state index in [4.69, 9.17) is 0 Å². The van der Waals surface area contributed by atoms with E-state index in [1.165, 1.54) is 31.2 Å². The van der Waals surface area contributed by atoms with Crippen LogP contribution in [0.5, 0.6) is 0 Å². The van der Waals surface area contributed by atoms with Crippen LogP contribution in [0.25, 0.3) is 0 Å². The Balaban J connectivity index is 2.10. The third kappa shape index (κ3) is 2.66. The lowest BCUT2D eigenvalue weighted by Crippen LogP contribution is -2.54. The summed E-state index contributed by atoms with van der Waals surface area (Å²) in [6.45, 7) is 1.72. The van der Waals surface area contributed by atoms with Crippen molar-refractivity contribution in [2.24, 2.45) is 5.41 Å². The van der Waals surface area contributed by atoms with E-state index in [9.17, 15) is 24.2 Å². The quantitative estimate of drug-likeness (QED) is 0.860. The summed E-state index contributed by atoms with van der Waals surface area (Å²) in [4.78, 5) is 26.2. The molecule has 1 aliphatic rings. The summed E-state index contributed by atoms with van der Waals surface area (Å²) in [6.07, 6.45) is 0. The molecule has 0 amide bonds. The van der Waals surface area contributed by atoms with E-state index in [1.54, 1.807) is 4.90 Å². The summed E-state index contributed by atoms with van der Waals surface area (Å²) < 4.78 is 14.5. The lowest BCUT2D eigenvalue weighted by atomic mass is 9.62. The fourth-order valence-corrected chi connectivity index (χ4v) is 3.96. The number of benzene rings is 2. The fourth-order valence-electron chi connectivity index (χ4n) is 3.96. The molecule has 1 aliphatic heterocycles. The molecule has 2 aromatic carbocycles. The Hall–Kier alpha value is -2.73. The number of carbonyl (C=O) groups is 2. The summed E-state index contributed by atoms with van der Waals surface area (Å²) in [6, 6.07) is 14.9. The molecule has 1 saturated heterocycles. The van der Waals surface area contributed by atoms with E-state index in [1.807, 2.05) is 30.3 Å². The number of halogens is 1. The van der Waals surface area contributed by atoms with Crippen molar-refractivity contribution in [2.45, 2.75) is 18.9 Å². The second-order valence-electron chi connectivity index (χ2n) is 6.96. The molecule has 2 aromatic rings. The molecule has 0 aliphatic carbocycles. The first kappa shape index (κ1) is 18.1. The fraction of sp³-hybridized carbons (Fsp3) is 0.300.